The molecule has 2 atom stereocenters. The van der Waals surface area contributed by atoms with Crippen molar-refractivity contribution in [2.24, 2.45) is 0 Å². The summed E-state index contributed by atoms with van der Waals surface area (Å²) < 4.78 is 22.7. The fourth-order valence-corrected chi connectivity index (χ4v) is 4.17. The van der Waals surface area contributed by atoms with Crippen molar-refractivity contribution in [3.05, 3.63) is 0 Å². The second-order valence-corrected chi connectivity index (χ2v) is 6.54. The van der Waals surface area contributed by atoms with Gasteiger partial charge in [-0.1, -0.05) is 0 Å². The van der Waals surface area contributed by atoms with Crippen molar-refractivity contribution in [2.45, 2.75) is 12.1 Å². The molecule has 0 aromatic rings. The summed E-state index contributed by atoms with van der Waals surface area (Å²) in [4.78, 5) is 14.1. The Morgan fingerprint density at radius 2 is 1.75 bits per heavy atom. The van der Waals surface area contributed by atoms with Gasteiger partial charge in [0.15, 0.2) is 9.84 Å². The molecule has 2 aliphatic rings. The van der Waals surface area contributed by atoms with Crippen LogP contribution in [0.1, 0.15) is 0 Å². The average molecular weight is 248 g/mol. The van der Waals surface area contributed by atoms with Gasteiger partial charge in [-0.15, -0.1) is 0 Å². The number of rotatable bonds is 2. The maximum Gasteiger partial charge on any atom is 0.209 e. The lowest BCUT2D eigenvalue weighted by Gasteiger charge is -2.36. The van der Waals surface area contributed by atoms with Crippen LogP contribution in [0.3, 0.4) is 0 Å². The predicted octanol–water partition coefficient (Wildman–Crippen LogP) is -2.08. The monoisotopic (exact) mass is 248 g/mol. The van der Waals surface area contributed by atoms with E-state index >= 15 is 0 Å². The zero-order chi connectivity index (χ0) is 11.8. The van der Waals surface area contributed by atoms with E-state index in [-0.39, 0.29) is 17.5 Å². The fourth-order valence-electron chi connectivity index (χ4n) is 2.33. The molecule has 1 N–H and O–H groups in total. The Bertz CT molecular complexity index is 362. The molecule has 0 aliphatic carbocycles. The van der Waals surface area contributed by atoms with E-state index in [9.17, 15) is 18.3 Å². The Balaban J connectivity index is 1.97. The largest absolute Gasteiger partial charge is 0.390 e. The van der Waals surface area contributed by atoms with Crippen LogP contribution in [-0.2, 0) is 14.6 Å². The van der Waals surface area contributed by atoms with Crippen molar-refractivity contribution in [1.82, 2.24) is 9.80 Å². The Morgan fingerprint density at radius 3 is 2.19 bits per heavy atom. The molecule has 0 unspecified atom stereocenters. The zero-order valence-corrected chi connectivity index (χ0v) is 9.77. The summed E-state index contributed by atoms with van der Waals surface area (Å²) in [6.07, 6.45) is 0.0203. The number of aliphatic hydroxyl groups excluding tert-OH is 1. The summed E-state index contributed by atoms with van der Waals surface area (Å²) in [5, 5.41) is 9.70. The van der Waals surface area contributed by atoms with Crippen LogP contribution in [0, 0.1) is 0 Å². The summed E-state index contributed by atoms with van der Waals surface area (Å²) in [7, 11) is -3.09. The number of sulfone groups is 1. The smallest absolute Gasteiger partial charge is 0.209 e. The van der Waals surface area contributed by atoms with Crippen LogP contribution >= 0.6 is 0 Å². The third-order valence-corrected chi connectivity index (χ3v) is 4.96. The normalized spacial score (nSPS) is 35.2. The molecule has 0 saturated carbocycles. The molecule has 6 nitrogen and oxygen atoms in total. The highest BCUT2D eigenvalue weighted by Crippen LogP contribution is 2.19. The van der Waals surface area contributed by atoms with Crippen molar-refractivity contribution in [3.63, 3.8) is 0 Å². The maximum atomic E-state index is 11.4. The van der Waals surface area contributed by atoms with Crippen LogP contribution in [-0.4, -0.2) is 79.6 Å². The highest BCUT2D eigenvalue weighted by Gasteiger charge is 2.40. The van der Waals surface area contributed by atoms with Crippen molar-refractivity contribution in [1.29, 1.82) is 0 Å². The molecule has 0 spiro atoms. The van der Waals surface area contributed by atoms with E-state index in [4.69, 9.17) is 0 Å². The van der Waals surface area contributed by atoms with E-state index < -0.39 is 15.9 Å². The molecule has 92 valence electrons. The summed E-state index contributed by atoms with van der Waals surface area (Å²) in [5.41, 5.74) is 0. The van der Waals surface area contributed by atoms with Crippen LogP contribution < -0.4 is 0 Å². The van der Waals surface area contributed by atoms with Crippen molar-refractivity contribution >= 4 is 16.2 Å². The fraction of sp³-hybridized carbons (Fsp3) is 0.889. The van der Waals surface area contributed by atoms with Crippen LogP contribution in [0.25, 0.3) is 0 Å². The Morgan fingerprint density at radius 1 is 1.12 bits per heavy atom. The molecular formula is C9H16N2O4S. The molecule has 2 heterocycles. The maximum absolute atomic E-state index is 11.4. The van der Waals surface area contributed by atoms with E-state index in [1.54, 1.807) is 4.90 Å². The van der Waals surface area contributed by atoms with Gasteiger partial charge in [-0.05, 0) is 0 Å². The second kappa shape index (κ2) is 4.31. The second-order valence-electron chi connectivity index (χ2n) is 4.39. The minimum Gasteiger partial charge on any atom is -0.390 e. The van der Waals surface area contributed by atoms with Crippen LogP contribution in [0.5, 0.6) is 0 Å². The van der Waals surface area contributed by atoms with Crippen molar-refractivity contribution in [2.75, 3.05) is 37.7 Å². The lowest BCUT2D eigenvalue weighted by atomic mass is 10.1. The molecule has 0 aromatic carbocycles. The molecular weight excluding hydrogens is 232 g/mol. The third-order valence-electron chi connectivity index (χ3n) is 3.26. The summed E-state index contributed by atoms with van der Waals surface area (Å²) in [6, 6.07) is -0.293. The number of carbonyl (C=O) groups is 1. The van der Waals surface area contributed by atoms with Gasteiger partial charge in [-0.2, -0.15) is 0 Å². The quantitative estimate of drug-likeness (QED) is 0.567. The number of nitrogens with zero attached hydrogens (tertiary/aromatic N) is 2. The molecule has 7 heteroatoms. The first-order valence-electron chi connectivity index (χ1n) is 5.34. The molecule has 2 aliphatic heterocycles. The van der Waals surface area contributed by atoms with E-state index in [0.29, 0.717) is 26.2 Å². The zero-order valence-electron chi connectivity index (χ0n) is 8.95. The molecule has 0 bridgehead atoms. The van der Waals surface area contributed by atoms with Crippen molar-refractivity contribution in [3.8, 4) is 0 Å². The Kier molecular flexibility index (Phi) is 3.18. The number of aliphatic hydroxyl groups is 1. The van der Waals surface area contributed by atoms with E-state index in [1.807, 2.05) is 4.90 Å². The lowest BCUT2D eigenvalue weighted by Crippen LogP contribution is -2.53. The van der Waals surface area contributed by atoms with Gasteiger partial charge < -0.3 is 10.0 Å². The summed E-state index contributed by atoms with van der Waals surface area (Å²) in [5.74, 6) is -0.0964. The topological polar surface area (TPSA) is 77.9 Å². The molecule has 1 amide bonds. The number of carbonyl (C=O) groups excluding carboxylic acids is 1. The number of amides is 1. The average Bonchev–Trinajstić information content (AvgIpc) is 2.52. The highest BCUT2D eigenvalue weighted by molar-refractivity contribution is 7.91. The van der Waals surface area contributed by atoms with Crippen LogP contribution in [0.15, 0.2) is 0 Å². The predicted molar refractivity (Wildman–Crippen MR) is 57.7 cm³/mol. The molecule has 16 heavy (non-hydrogen) atoms. The molecule has 2 fully saturated rings. The number of hydrogen-bond donors (Lipinski definition) is 1. The summed E-state index contributed by atoms with van der Waals surface area (Å²) >= 11 is 0. The molecule has 2 saturated heterocycles. The highest BCUT2D eigenvalue weighted by atomic mass is 32.2. The minimum atomic E-state index is -3.09. The first-order valence-corrected chi connectivity index (χ1v) is 7.16. The first kappa shape index (κ1) is 11.8. The third kappa shape index (κ3) is 2.36. The van der Waals surface area contributed by atoms with E-state index in [1.165, 1.54) is 0 Å². The van der Waals surface area contributed by atoms with E-state index in [2.05, 4.69) is 0 Å². The SMILES string of the molecule is O=CN1CCN([C@@H]2CS(=O)(=O)C[C@H]2O)CC1. The Hall–Kier alpha value is -0.660. The summed E-state index contributed by atoms with van der Waals surface area (Å²) in [6.45, 7) is 2.48. The van der Waals surface area contributed by atoms with Crippen LogP contribution in [0.4, 0.5) is 0 Å². The van der Waals surface area contributed by atoms with Crippen LogP contribution in [0.2, 0.25) is 0 Å². The van der Waals surface area contributed by atoms with E-state index in [0.717, 1.165) is 6.41 Å². The van der Waals surface area contributed by atoms with Gasteiger partial charge in [0.05, 0.1) is 23.7 Å². The van der Waals surface area contributed by atoms with Crippen molar-refractivity contribution < 1.29 is 18.3 Å². The van der Waals surface area contributed by atoms with Gasteiger partial charge in [0.2, 0.25) is 6.41 Å². The van der Waals surface area contributed by atoms with Gasteiger partial charge in [0.1, 0.15) is 0 Å². The van der Waals surface area contributed by atoms with Gasteiger partial charge >= 0.3 is 0 Å². The van der Waals surface area contributed by atoms with Gasteiger partial charge in [-0.25, -0.2) is 8.42 Å². The van der Waals surface area contributed by atoms with Gasteiger partial charge in [0.25, 0.3) is 0 Å². The molecule has 2 rings (SSSR count). The first-order chi connectivity index (χ1) is 7.52. The molecule has 0 radical (unpaired) electrons. The number of hydrogen-bond acceptors (Lipinski definition) is 5. The molecule has 0 aromatic heterocycles. The Labute approximate surface area is 94.7 Å². The standard InChI is InChI=1S/C9H16N2O4S/c12-7-10-1-3-11(4-2-10)8-5-16(14,15)6-9(8)13/h7-9,13H,1-6H2/t8-,9-/m1/s1. The lowest BCUT2D eigenvalue weighted by molar-refractivity contribution is -0.120. The number of piperazine rings is 1. The van der Waals surface area contributed by atoms with Gasteiger partial charge in [0, 0.05) is 26.2 Å². The van der Waals surface area contributed by atoms with Gasteiger partial charge in [-0.3, -0.25) is 9.69 Å². The minimum absolute atomic E-state index is 0.0370.